The molecule has 0 radical (unpaired) electrons. The molecular weight excluding hydrogens is 274 g/mol. The molecule has 0 amide bonds. The Morgan fingerprint density at radius 2 is 2.00 bits per heavy atom. The van der Waals surface area contributed by atoms with Gasteiger partial charge in [-0.25, -0.2) is 9.97 Å². The van der Waals surface area contributed by atoms with Crippen LogP contribution in [0.5, 0.6) is 5.75 Å². The number of methoxy groups -OCH3 is 1. The van der Waals surface area contributed by atoms with E-state index in [0.29, 0.717) is 0 Å². The molecule has 1 aliphatic heterocycles. The number of aryl methyl sites for hydroxylation is 1. The lowest BCUT2D eigenvalue weighted by molar-refractivity contribution is 0.137. The predicted molar refractivity (Wildman–Crippen MR) is 86.8 cm³/mol. The van der Waals surface area contributed by atoms with Crippen molar-refractivity contribution in [1.29, 1.82) is 0 Å². The minimum Gasteiger partial charge on any atom is -0.497 e. The summed E-state index contributed by atoms with van der Waals surface area (Å²) < 4.78 is 5.23. The average molecular weight is 297 g/mol. The van der Waals surface area contributed by atoms with Crippen molar-refractivity contribution in [2.24, 2.45) is 0 Å². The Labute approximate surface area is 132 Å². The lowest BCUT2D eigenvalue weighted by Crippen LogP contribution is -2.39. The molecule has 2 heterocycles. The third-order valence-corrected chi connectivity index (χ3v) is 4.60. The smallest absolute Gasteiger partial charge is 0.148 e. The fourth-order valence-electron chi connectivity index (χ4n) is 3.19. The second-order valence-electron chi connectivity index (χ2n) is 6.17. The van der Waals surface area contributed by atoms with Crippen LogP contribution in [0.3, 0.4) is 0 Å². The maximum atomic E-state index is 5.23. The molecule has 0 N–H and O–H groups in total. The van der Waals surface area contributed by atoms with Gasteiger partial charge in [-0.2, -0.15) is 0 Å². The van der Waals surface area contributed by atoms with Crippen LogP contribution in [0.25, 0.3) is 0 Å². The number of benzene rings is 1. The molecule has 1 atom stereocenters. The molecule has 4 heteroatoms. The largest absolute Gasteiger partial charge is 0.497 e. The third-order valence-electron chi connectivity index (χ3n) is 4.60. The van der Waals surface area contributed by atoms with Crippen molar-refractivity contribution < 1.29 is 4.74 Å². The summed E-state index contributed by atoms with van der Waals surface area (Å²) in [6.45, 7) is 6.28. The first-order chi connectivity index (χ1) is 10.6. The first-order valence-electron chi connectivity index (χ1n) is 7.80. The fraction of sp³-hybridized carbons (Fsp3) is 0.444. The molecule has 116 valence electrons. The maximum Gasteiger partial charge on any atom is 0.148 e. The zero-order valence-corrected chi connectivity index (χ0v) is 13.5. The van der Waals surface area contributed by atoms with E-state index in [-0.39, 0.29) is 5.54 Å². The van der Waals surface area contributed by atoms with Crippen LogP contribution in [0.2, 0.25) is 0 Å². The second-order valence-corrected chi connectivity index (χ2v) is 6.17. The van der Waals surface area contributed by atoms with Crippen LogP contribution >= 0.6 is 0 Å². The van der Waals surface area contributed by atoms with Gasteiger partial charge in [-0.1, -0.05) is 12.1 Å². The van der Waals surface area contributed by atoms with Crippen LogP contribution < -0.4 is 4.74 Å². The molecule has 1 fully saturated rings. The molecule has 1 aromatic carbocycles. The molecular formula is C18H23N3O. The lowest BCUT2D eigenvalue weighted by atomic mass is 9.97. The van der Waals surface area contributed by atoms with Gasteiger partial charge in [-0.05, 0) is 57.0 Å². The van der Waals surface area contributed by atoms with Crippen LogP contribution in [-0.4, -0.2) is 28.5 Å². The van der Waals surface area contributed by atoms with E-state index in [1.165, 1.54) is 12.0 Å². The highest BCUT2D eigenvalue weighted by atomic mass is 16.5. The number of hydrogen-bond acceptors (Lipinski definition) is 4. The minimum atomic E-state index is -0.0774. The van der Waals surface area contributed by atoms with Gasteiger partial charge < -0.3 is 4.74 Å². The molecule has 4 nitrogen and oxygen atoms in total. The van der Waals surface area contributed by atoms with Crippen molar-refractivity contribution in [3.63, 3.8) is 0 Å². The van der Waals surface area contributed by atoms with E-state index in [0.717, 1.165) is 36.8 Å². The van der Waals surface area contributed by atoms with Gasteiger partial charge in [0.15, 0.2) is 0 Å². The molecule has 22 heavy (non-hydrogen) atoms. The molecule has 0 saturated carbocycles. The van der Waals surface area contributed by atoms with Crippen LogP contribution in [0, 0.1) is 6.92 Å². The number of rotatable bonds is 4. The summed E-state index contributed by atoms with van der Waals surface area (Å²) in [5, 5.41) is 0. The van der Waals surface area contributed by atoms with Crippen molar-refractivity contribution >= 4 is 0 Å². The van der Waals surface area contributed by atoms with E-state index in [2.05, 4.69) is 33.9 Å². The summed E-state index contributed by atoms with van der Waals surface area (Å²) in [6, 6.07) is 10.3. The predicted octanol–water partition coefficient (Wildman–Crippen LogP) is 3.30. The number of nitrogens with zero attached hydrogens (tertiary/aromatic N) is 3. The standard InChI is InChI=1S/C18H23N3O/c1-14-9-11-19-17(20-14)18(2)10-4-12-21(18)13-15-5-7-16(22-3)8-6-15/h5-9,11H,4,10,12-13H2,1-3H3/t18-/m0/s1. The van der Waals surface area contributed by atoms with E-state index in [1.807, 2.05) is 31.3 Å². The van der Waals surface area contributed by atoms with E-state index in [4.69, 9.17) is 4.74 Å². The van der Waals surface area contributed by atoms with Crippen LogP contribution in [0.1, 0.15) is 36.8 Å². The van der Waals surface area contributed by atoms with Gasteiger partial charge in [0.25, 0.3) is 0 Å². The van der Waals surface area contributed by atoms with Gasteiger partial charge in [0, 0.05) is 18.4 Å². The Bertz CT molecular complexity index is 641. The molecule has 1 saturated heterocycles. The minimum absolute atomic E-state index is 0.0774. The summed E-state index contributed by atoms with van der Waals surface area (Å²) in [6.07, 6.45) is 4.16. The Hall–Kier alpha value is -1.94. The highest BCUT2D eigenvalue weighted by Crippen LogP contribution is 2.37. The first kappa shape index (κ1) is 15.0. The monoisotopic (exact) mass is 297 g/mol. The van der Waals surface area contributed by atoms with Gasteiger partial charge in [0.1, 0.15) is 11.6 Å². The summed E-state index contributed by atoms with van der Waals surface area (Å²) in [5.74, 6) is 1.84. The molecule has 3 rings (SSSR count). The maximum absolute atomic E-state index is 5.23. The van der Waals surface area contributed by atoms with Crippen molar-refractivity contribution in [2.45, 2.75) is 38.8 Å². The van der Waals surface area contributed by atoms with E-state index in [9.17, 15) is 0 Å². The zero-order valence-electron chi connectivity index (χ0n) is 13.5. The van der Waals surface area contributed by atoms with Crippen molar-refractivity contribution in [1.82, 2.24) is 14.9 Å². The second kappa shape index (κ2) is 6.05. The molecule has 1 aromatic heterocycles. The number of aromatic nitrogens is 2. The Kier molecular flexibility index (Phi) is 4.12. The van der Waals surface area contributed by atoms with Gasteiger partial charge in [0.2, 0.25) is 0 Å². The Morgan fingerprint density at radius 1 is 1.23 bits per heavy atom. The highest BCUT2D eigenvalue weighted by molar-refractivity contribution is 5.27. The van der Waals surface area contributed by atoms with Gasteiger partial charge >= 0.3 is 0 Å². The molecule has 0 spiro atoms. The third kappa shape index (κ3) is 2.83. The topological polar surface area (TPSA) is 38.2 Å². The van der Waals surface area contributed by atoms with Gasteiger partial charge in [-0.15, -0.1) is 0 Å². The fourth-order valence-corrected chi connectivity index (χ4v) is 3.19. The lowest BCUT2D eigenvalue weighted by Gasteiger charge is -2.34. The van der Waals surface area contributed by atoms with Gasteiger partial charge in [-0.3, -0.25) is 4.90 Å². The molecule has 2 aromatic rings. The van der Waals surface area contributed by atoms with Crippen LogP contribution in [0.4, 0.5) is 0 Å². The number of hydrogen-bond donors (Lipinski definition) is 0. The summed E-state index contributed by atoms with van der Waals surface area (Å²) in [7, 11) is 1.70. The zero-order chi connectivity index (χ0) is 15.6. The van der Waals surface area contributed by atoms with Crippen molar-refractivity contribution in [3.8, 4) is 5.75 Å². The average Bonchev–Trinajstić information content (AvgIpc) is 2.90. The number of ether oxygens (including phenoxy) is 1. The highest BCUT2D eigenvalue weighted by Gasteiger charge is 2.40. The van der Waals surface area contributed by atoms with E-state index >= 15 is 0 Å². The Balaban J connectivity index is 1.82. The van der Waals surface area contributed by atoms with Crippen LogP contribution in [0.15, 0.2) is 36.5 Å². The summed E-state index contributed by atoms with van der Waals surface area (Å²) >= 11 is 0. The van der Waals surface area contributed by atoms with Gasteiger partial charge in [0.05, 0.1) is 12.6 Å². The summed E-state index contributed by atoms with van der Waals surface area (Å²) in [5.41, 5.74) is 2.25. The summed E-state index contributed by atoms with van der Waals surface area (Å²) in [4.78, 5) is 11.7. The van der Waals surface area contributed by atoms with E-state index in [1.54, 1.807) is 7.11 Å². The normalized spacial score (nSPS) is 22.0. The number of likely N-dealkylation sites (tertiary alicyclic amines) is 1. The van der Waals surface area contributed by atoms with Crippen LogP contribution in [-0.2, 0) is 12.1 Å². The molecule has 1 aliphatic rings. The van der Waals surface area contributed by atoms with Crippen molar-refractivity contribution in [2.75, 3.05) is 13.7 Å². The molecule has 0 unspecified atom stereocenters. The van der Waals surface area contributed by atoms with Crippen molar-refractivity contribution in [3.05, 3.63) is 53.6 Å². The van der Waals surface area contributed by atoms with E-state index < -0.39 is 0 Å². The SMILES string of the molecule is COc1ccc(CN2CCC[C@@]2(C)c2nccc(C)n2)cc1. The molecule has 0 bridgehead atoms. The molecule has 0 aliphatic carbocycles. The Morgan fingerprint density at radius 3 is 2.68 bits per heavy atom. The quantitative estimate of drug-likeness (QED) is 0.868. The first-order valence-corrected chi connectivity index (χ1v) is 7.80.